The van der Waals surface area contributed by atoms with Crippen molar-refractivity contribution in [2.24, 2.45) is 17.6 Å². The molecule has 0 amide bonds. The fourth-order valence-electron chi connectivity index (χ4n) is 2.55. The zero-order valence-corrected chi connectivity index (χ0v) is 10.7. The molecule has 0 radical (unpaired) electrons. The lowest BCUT2D eigenvalue weighted by molar-refractivity contribution is 0.0960. The van der Waals surface area contributed by atoms with Crippen molar-refractivity contribution in [3.8, 4) is 0 Å². The summed E-state index contributed by atoms with van der Waals surface area (Å²) in [7, 11) is 0. The number of piperidine rings is 1. The highest BCUT2D eigenvalue weighted by molar-refractivity contribution is 5.02. The van der Waals surface area contributed by atoms with E-state index in [1.54, 1.807) is 12.4 Å². The summed E-state index contributed by atoms with van der Waals surface area (Å²) < 4.78 is 0. The first-order valence-corrected chi connectivity index (χ1v) is 6.42. The first-order valence-electron chi connectivity index (χ1n) is 6.42. The molecule has 2 heterocycles. The van der Waals surface area contributed by atoms with Crippen LogP contribution in [0.4, 0.5) is 0 Å². The van der Waals surface area contributed by atoms with Crippen LogP contribution in [0, 0.1) is 11.8 Å². The predicted molar refractivity (Wildman–Crippen MR) is 68.3 cm³/mol. The van der Waals surface area contributed by atoms with E-state index >= 15 is 0 Å². The van der Waals surface area contributed by atoms with Gasteiger partial charge in [-0.05, 0) is 38.3 Å². The van der Waals surface area contributed by atoms with Crippen LogP contribution < -0.4 is 5.73 Å². The highest BCUT2D eigenvalue weighted by Gasteiger charge is 2.28. The van der Waals surface area contributed by atoms with Crippen molar-refractivity contribution in [3.05, 3.63) is 24.3 Å². The molecule has 0 saturated carbocycles. The van der Waals surface area contributed by atoms with Gasteiger partial charge in [0.05, 0.1) is 11.7 Å². The molecule has 2 N–H and O–H groups in total. The SMILES string of the molecule is CC1CCN(C(C)c2cnccn2)CC1CN. The Balaban J connectivity index is 2.03. The van der Waals surface area contributed by atoms with E-state index in [0.717, 1.165) is 31.2 Å². The highest BCUT2D eigenvalue weighted by atomic mass is 15.2. The van der Waals surface area contributed by atoms with Gasteiger partial charge in [-0.1, -0.05) is 6.92 Å². The van der Waals surface area contributed by atoms with Crippen LogP contribution in [0.5, 0.6) is 0 Å². The molecule has 1 saturated heterocycles. The van der Waals surface area contributed by atoms with Crippen LogP contribution in [0.3, 0.4) is 0 Å². The molecule has 1 aromatic rings. The molecule has 0 bridgehead atoms. The maximum absolute atomic E-state index is 5.84. The van der Waals surface area contributed by atoms with Gasteiger partial charge >= 0.3 is 0 Å². The molecule has 0 spiro atoms. The van der Waals surface area contributed by atoms with Crippen LogP contribution in [-0.4, -0.2) is 34.5 Å². The number of nitrogens with zero attached hydrogens (tertiary/aromatic N) is 3. The normalized spacial score (nSPS) is 27.9. The third kappa shape index (κ3) is 2.82. The second-order valence-corrected chi connectivity index (χ2v) is 5.06. The Morgan fingerprint density at radius 1 is 1.53 bits per heavy atom. The van der Waals surface area contributed by atoms with Crippen molar-refractivity contribution in [2.75, 3.05) is 19.6 Å². The maximum atomic E-state index is 5.84. The second-order valence-electron chi connectivity index (χ2n) is 5.06. The topological polar surface area (TPSA) is 55.0 Å². The van der Waals surface area contributed by atoms with Gasteiger partial charge in [-0.25, -0.2) is 0 Å². The van der Waals surface area contributed by atoms with E-state index in [1.807, 2.05) is 6.20 Å². The Morgan fingerprint density at radius 3 is 3.00 bits per heavy atom. The van der Waals surface area contributed by atoms with Crippen LogP contribution in [0.2, 0.25) is 0 Å². The van der Waals surface area contributed by atoms with Crippen LogP contribution in [0.15, 0.2) is 18.6 Å². The number of likely N-dealkylation sites (tertiary alicyclic amines) is 1. The minimum Gasteiger partial charge on any atom is -0.330 e. The summed E-state index contributed by atoms with van der Waals surface area (Å²) in [5.41, 5.74) is 6.89. The van der Waals surface area contributed by atoms with Crippen molar-refractivity contribution < 1.29 is 0 Å². The molecule has 3 atom stereocenters. The molecule has 1 fully saturated rings. The molecule has 94 valence electrons. The minimum absolute atomic E-state index is 0.338. The van der Waals surface area contributed by atoms with Crippen LogP contribution in [-0.2, 0) is 0 Å². The quantitative estimate of drug-likeness (QED) is 0.860. The summed E-state index contributed by atoms with van der Waals surface area (Å²) in [5.74, 6) is 1.35. The summed E-state index contributed by atoms with van der Waals surface area (Å²) in [4.78, 5) is 11.0. The molecular weight excluding hydrogens is 212 g/mol. The Morgan fingerprint density at radius 2 is 2.35 bits per heavy atom. The number of rotatable bonds is 3. The minimum atomic E-state index is 0.338. The van der Waals surface area contributed by atoms with Gasteiger partial charge in [0, 0.05) is 25.1 Å². The highest BCUT2D eigenvalue weighted by Crippen LogP contribution is 2.28. The van der Waals surface area contributed by atoms with Crippen LogP contribution in [0.25, 0.3) is 0 Å². The monoisotopic (exact) mass is 234 g/mol. The van der Waals surface area contributed by atoms with Gasteiger partial charge < -0.3 is 5.73 Å². The third-order valence-electron chi connectivity index (χ3n) is 4.01. The van der Waals surface area contributed by atoms with Gasteiger partial charge in [0.25, 0.3) is 0 Å². The van der Waals surface area contributed by atoms with Crippen LogP contribution in [0.1, 0.15) is 32.0 Å². The molecular formula is C13H22N4. The number of nitrogens with two attached hydrogens (primary N) is 1. The lowest BCUT2D eigenvalue weighted by Gasteiger charge is -2.39. The van der Waals surface area contributed by atoms with E-state index in [1.165, 1.54) is 6.42 Å². The largest absolute Gasteiger partial charge is 0.330 e. The van der Waals surface area contributed by atoms with Crippen LogP contribution >= 0.6 is 0 Å². The van der Waals surface area contributed by atoms with Gasteiger partial charge in [0.1, 0.15) is 0 Å². The summed E-state index contributed by atoms with van der Waals surface area (Å²) in [6.45, 7) is 7.51. The Kier molecular flexibility index (Phi) is 4.07. The van der Waals surface area contributed by atoms with Gasteiger partial charge in [0.15, 0.2) is 0 Å². The molecule has 1 aliphatic heterocycles. The molecule has 4 heteroatoms. The Labute approximate surface area is 103 Å². The molecule has 0 aliphatic carbocycles. The Hall–Kier alpha value is -1.00. The van der Waals surface area contributed by atoms with E-state index in [0.29, 0.717) is 12.0 Å². The zero-order valence-electron chi connectivity index (χ0n) is 10.7. The fourth-order valence-corrected chi connectivity index (χ4v) is 2.55. The summed E-state index contributed by atoms with van der Waals surface area (Å²) in [6, 6.07) is 0.338. The number of hydrogen-bond donors (Lipinski definition) is 1. The van der Waals surface area contributed by atoms with E-state index in [9.17, 15) is 0 Å². The molecule has 2 rings (SSSR count). The maximum Gasteiger partial charge on any atom is 0.0755 e. The molecule has 17 heavy (non-hydrogen) atoms. The summed E-state index contributed by atoms with van der Waals surface area (Å²) in [5, 5.41) is 0. The van der Waals surface area contributed by atoms with Crippen molar-refractivity contribution >= 4 is 0 Å². The van der Waals surface area contributed by atoms with Gasteiger partial charge in [-0.3, -0.25) is 14.9 Å². The van der Waals surface area contributed by atoms with Crippen molar-refractivity contribution in [1.82, 2.24) is 14.9 Å². The molecule has 3 unspecified atom stereocenters. The molecule has 4 nitrogen and oxygen atoms in total. The molecule has 1 aliphatic rings. The molecule has 0 aromatic carbocycles. The number of hydrogen-bond acceptors (Lipinski definition) is 4. The van der Waals surface area contributed by atoms with Gasteiger partial charge in [-0.2, -0.15) is 0 Å². The third-order valence-corrected chi connectivity index (χ3v) is 4.01. The summed E-state index contributed by atoms with van der Waals surface area (Å²) in [6.07, 6.45) is 6.57. The second kappa shape index (κ2) is 5.56. The lowest BCUT2D eigenvalue weighted by atomic mass is 9.86. The van der Waals surface area contributed by atoms with E-state index < -0.39 is 0 Å². The number of aromatic nitrogens is 2. The first-order chi connectivity index (χ1) is 8.22. The van der Waals surface area contributed by atoms with E-state index in [2.05, 4.69) is 28.7 Å². The Bertz CT molecular complexity index is 341. The van der Waals surface area contributed by atoms with E-state index in [4.69, 9.17) is 5.73 Å². The smallest absolute Gasteiger partial charge is 0.0755 e. The van der Waals surface area contributed by atoms with Crippen molar-refractivity contribution in [2.45, 2.75) is 26.3 Å². The first kappa shape index (κ1) is 12.5. The van der Waals surface area contributed by atoms with E-state index in [-0.39, 0.29) is 0 Å². The summed E-state index contributed by atoms with van der Waals surface area (Å²) >= 11 is 0. The predicted octanol–water partition coefficient (Wildman–Crippen LogP) is 1.45. The average Bonchev–Trinajstić information content (AvgIpc) is 2.39. The van der Waals surface area contributed by atoms with Gasteiger partial charge in [-0.15, -0.1) is 0 Å². The zero-order chi connectivity index (χ0) is 12.3. The lowest BCUT2D eigenvalue weighted by Crippen LogP contribution is -2.43. The van der Waals surface area contributed by atoms with Crippen molar-refractivity contribution in [1.29, 1.82) is 0 Å². The molecule has 1 aromatic heterocycles. The van der Waals surface area contributed by atoms with Gasteiger partial charge in [0.2, 0.25) is 0 Å². The van der Waals surface area contributed by atoms with Crippen molar-refractivity contribution in [3.63, 3.8) is 0 Å². The average molecular weight is 234 g/mol. The fraction of sp³-hybridized carbons (Fsp3) is 0.692. The standard InChI is InChI=1S/C13H22N4/c1-10-3-6-17(9-12(10)7-14)11(2)13-8-15-4-5-16-13/h4-5,8,10-12H,3,6-7,9,14H2,1-2H3.